The third kappa shape index (κ3) is 3.26. The second kappa shape index (κ2) is 7.37. The predicted octanol–water partition coefficient (Wildman–Crippen LogP) is 5.08. The molecule has 0 amide bonds. The fourth-order valence-electron chi connectivity index (χ4n) is 3.54. The van der Waals surface area contributed by atoms with Gasteiger partial charge in [-0.1, -0.05) is 54.6 Å². The molecule has 0 aliphatic carbocycles. The molecule has 30 heavy (non-hydrogen) atoms. The highest BCUT2D eigenvalue weighted by molar-refractivity contribution is 6.04. The Morgan fingerprint density at radius 3 is 2.37 bits per heavy atom. The minimum Gasteiger partial charge on any atom is -0.481 e. The Kier molecular flexibility index (Phi) is 4.41. The SMILES string of the molecule is O=C(COc1cccc2ccccc12)Oc1ccc2c(c1)oc(=O)c1ccccc12. The van der Waals surface area contributed by atoms with Crippen molar-refractivity contribution >= 4 is 38.5 Å². The maximum absolute atomic E-state index is 12.3. The summed E-state index contributed by atoms with van der Waals surface area (Å²) in [5.41, 5.74) is -0.0696. The summed E-state index contributed by atoms with van der Waals surface area (Å²) in [6.07, 6.45) is 0. The van der Waals surface area contributed by atoms with E-state index < -0.39 is 11.6 Å². The van der Waals surface area contributed by atoms with Crippen LogP contribution in [0.2, 0.25) is 0 Å². The van der Waals surface area contributed by atoms with Crippen molar-refractivity contribution in [1.82, 2.24) is 0 Å². The lowest BCUT2D eigenvalue weighted by molar-refractivity contribution is -0.136. The molecule has 0 radical (unpaired) electrons. The third-order valence-corrected chi connectivity index (χ3v) is 4.92. The van der Waals surface area contributed by atoms with Crippen LogP contribution in [0.1, 0.15) is 0 Å². The van der Waals surface area contributed by atoms with Crippen molar-refractivity contribution in [2.75, 3.05) is 6.61 Å². The summed E-state index contributed by atoms with van der Waals surface area (Å²) in [6, 6.07) is 25.7. The Hall–Kier alpha value is -4.12. The van der Waals surface area contributed by atoms with E-state index in [1.165, 1.54) is 0 Å². The van der Waals surface area contributed by atoms with E-state index in [0.717, 1.165) is 21.5 Å². The van der Waals surface area contributed by atoms with E-state index in [2.05, 4.69) is 0 Å². The van der Waals surface area contributed by atoms with Crippen LogP contribution >= 0.6 is 0 Å². The highest BCUT2D eigenvalue weighted by Crippen LogP contribution is 2.27. The van der Waals surface area contributed by atoms with E-state index in [9.17, 15) is 9.59 Å². The molecule has 0 fully saturated rings. The van der Waals surface area contributed by atoms with Crippen LogP contribution in [0.3, 0.4) is 0 Å². The largest absolute Gasteiger partial charge is 0.481 e. The Morgan fingerprint density at radius 1 is 0.767 bits per heavy atom. The standard InChI is InChI=1S/C25H16O5/c26-24(15-28-22-11-5-7-16-6-1-2-8-18(16)22)29-17-12-13-20-19-9-3-4-10-21(19)25(27)30-23(20)14-17/h1-14H,15H2. The predicted molar refractivity (Wildman–Crippen MR) is 115 cm³/mol. The molecular formula is C25H16O5. The number of carbonyl (C=O) groups excluding carboxylic acids is 1. The second-order valence-corrected chi connectivity index (χ2v) is 6.83. The molecule has 0 aliphatic heterocycles. The summed E-state index contributed by atoms with van der Waals surface area (Å²) < 4.78 is 16.4. The Bertz CT molecular complexity index is 1460. The molecule has 4 aromatic carbocycles. The second-order valence-electron chi connectivity index (χ2n) is 6.83. The number of hydrogen-bond donors (Lipinski definition) is 0. The molecule has 0 unspecified atom stereocenters. The first-order valence-electron chi connectivity index (χ1n) is 9.46. The van der Waals surface area contributed by atoms with E-state index in [1.54, 1.807) is 30.3 Å². The van der Waals surface area contributed by atoms with E-state index >= 15 is 0 Å². The first kappa shape index (κ1) is 17.9. The molecule has 0 aliphatic rings. The number of hydrogen-bond acceptors (Lipinski definition) is 5. The van der Waals surface area contributed by atoms with Crippen molar-refractivity contribution in [1.29, 1.82) is 0 Å². The summed E-state index contributed by atoms with van der Waals surface area (Å²) >= 11 is 0. The van der Waals surface area contributed by atoms with Gasteiger partial charge in [-0.05, 0) is 35.0 Å². The zero-order chi connectivity index (χ0) is 20.5. The normalized spacial score (nSPS) is 11.1. The summed E-state index contributed by atoms with van der Waals surface area (Å²) in [4.78, 5) is 24.5. The van der Waals surface area contributed by atoms with Crippen LogP contribution in [0.15, 0.2) is 94.1 Å². The van der Waals surface area contributed by atoms with Gasteiger partial charge in [0.2, 0.25) is 0 Å². The molecule has 0 saturated heterocycles. The summed E-state index contributed by atoms with van der Waals surface area (Å²) in [6.45, 7) is -0.242. The van der Waals surface area contributed by atoms with Crippen LogP contribution in [0, 0.1) is 0 Å². The van der Waals surface area contributed by atoms with Crippen molar-refractivity contribution in [3.63, 3.8) is 0 Å². The number of rotatable bonds is 4. The van der Waals surface area contributed by atoms with Crippen LogP contribution in [0.5, 0.6) is 11.5 Å². The first-order chi connectivity index (χ1) is 14.7. The maximum Gasteiger partial charge on any atom is 0.349 e. The molecule has 0 saturated carbocycles. The molecule has 5 nitrogen and oxygen atoms in total. The quantitative estimate of drug-likeness (QED) is 0.183. The zero-order valence-electron chi connectivity index (χ0n) is 15.8. The van der Waals surface area contributed by atoms with Crippen molar-refractivity contribution in [2.24, 2.45) is 0 Å². The van der Waals surface area contributed by atoms with Gasteiger partial charge in [-0.25, -0.2) is 9.59 Å². The van der Waals surface area contributed by atoms with Gasteiger partial charge in [0.25, 0.3) is 0 Å². The highest BCUT2D eigenvalue weighted by atomic mass is 16.6. The smallest absolute Gasteiger partial charge is 0.349 e. The number of esters is 1. The van der Waals surface area contributed by atoms with Crippen molar-refractivity contribution in [3.05, 3.63) is 95.3 Å². The number of fused-ring (bicyclic) bond motifs is 4. The van der Waals surface area contributed by atoms with Crippen molar-refractivity contribution < 1.29 is 18.7 Å². The molecular weight excluding hydrogens is 380 g/mol. The Morgan fingerprint density at radius 2 is 1.50 bits per heavy atom. The van der Waals surface area contributed by atoms with E-state index in [0.29, 0.717) is 16.7 Å². The lowest BCUT2D eigenvalue weighted by Gasteiger charge is -2.10. The van der Waals surface area contributed by atoms with Gasteiger partial charge >= 0.3 is 11.6 Å². The van der Waals surface area contributed by atoms with E-state index in [-0.39, 0.29) is 12.4 Å². The average Bonchev–Trinajstić information content (AvgIpc) is 2.78. The van der Waals surface area contributed by atoms with Gasteiger partial charge in [0.1, 0.15) is 17.1 Å². The molecule has 0 atom stereocenters. The van der Waals surface area contributed by atoms with Gasteiger partial charge in [0, 0.05) is 16.8 Å². The van der Waals surface area contributed by atoms with Crippen LogP contribution in [0.25, 0.3) is 32.5 Å². The monoisotopic (exact) mass is 396 g/mol. The summed E-state index contributed by atoms with van der Waals surface area (Å²) in [5, 5.41) is 4.03. The fourth-order valence-corrected chi connectivity index (χ4v) is 3.54. The van der Waals surface area contributed by atoms with Gasteiger partial charge < -0.3 is 13.9 Å². The molecule has 146 valence electrons. The summed E-state index contributed by atoms with van der Waals surface area (Å²) in [5.74, 6) is 0.346. The van der Waals surface area contributed by atoms with Crippen LogP contribution in [-0.4, -0.2) is 12.6 Å². The lowest BCUT2D eigenvalue weighted by Crippen LogP contribution is -2.17. The molecule has 1 aromatic heterocycles. The molecule has 5 rings (SSSR count). The molecule has 0 N–H and O–H groups in total. The highest BCUT2D eigenvalue weighted by Gasteiger charge is 2.11. The lowest BCUT2D eigenvalue weighted by atomic mass is 10.1. The average molecular weight is 396 g/mol. The Labute approximate surface area is 171 Å². The van der Waals surface area contributed by atoms with Gasteiger partial charge in [0.05, 0.1) is 5.39 Å². The molecule has 0 bridgehead atoms. The molecule has 1 heterocycles. The van der Waals surface area contributed by atoms with Crippen LogP contribution in [0.4, 0.5) is 0 Å². The minimum atomic E-state index is -0.551. The number of benzene rings is 4. The fraction of sp³-hybridized carbons (Fsp3) is 0.0400. The first-order valence-corrected chi connectivity index (χ1v) is 9.46. The zero-order valence-corrected chi connectivity index (χ0v) is 15.8. The third-order valence-electron chi connectivity index (χ3n) is 4.92. The van der Waals surface area contributed by atoms with Crippen molar-refractivity contribution in [3.8, 4) is 11.5 Å². The van der Waals surface area contributed by atoms with Crippen LogP contribution in [-0.2, 0) is 4.79 Å². The number of carbonyl (C=O) groups is 1. The molecule has 5 heteroatoms. The van der Waals surface area contributed by atoms with Gasteiger partial charge in [-0.2, -0.15) is 0 Å². The van der Waals surface area contributed by atoms with Gasteiger partial charge in [-0.3, -0.25) is 0 Å². The van der Waals surface area contributed by atoms with Crippen LogP contribution < -0.4 is 15.1 Å². The minimum absolute atomic E-state index is 0.242. The number of ether oxygens (including phenoxy) is 2. The van der Waals surface area contributed by atoms with Gasteiger partial charge in [-0.15, -0.1) is 0 Å². The maximum atomic E-state index is 12.3. The molecule has 5 aromatic rings. The van der Waals surface area contributed by atoms with E-state index in [1.807, 2.05) is 54.6 Å². The summed E-state index contributed by atoms with van der Waals surface area (Å²) in [7, 11) is 0. The topological polar surface area (TPSA) is 65.7 Å². The van der Waals surface area contributed by atoms with Gasteiger partial charge in [0.15, 0.2) is 6.61 Å². The Balaban J connectivity index is 1.37. The molecule has 0 spiro atoms. The van der Waals surface area contributed by atoms with E-state index in [4.69, 9.17) is 13.9 Å². The van der Waals surface area contributed by atoms with Crippen molar-refractivity contribution in [2.45, 2.75) is 0 Å².